The van der Waals surface area contributed by atoms with Crippen LogP contribution < -0.4 is 25.4 Å². The predicted octanol–water partition coefficient (Wildman–Crippen LogP) is 1.44. The van der Waals surface area contributed by atoms with Crippen molar-refractivity contribution in [2.24, 2.45) is 5.92 Å². The predicted molar refractivity (Wildman–Crippen MR) is 104 cm³/mol. The van der Waals surface area contributed by atoms with Crippen LogP contribution in [0.15, 0.2) is 18.3 Å². The molecule has 1 saturated heterocycles. The number of carbonyl (C=O) groups excluding carboxylic acids is 1. The molecule has 2 aromatic rings. The zero-order valence-corrected chi connectivity index (χ0v) is 16.7. The molecule has 1 fully saturated rings. The quantitative estimate of drug-likeness (QED) is 0.656. The molecule has 168 valence electrons. The van der Waals surface area contributed by atoms with Gasteiger partial charge < -0.3 is 25.4 Å². The first-order valence-electron chi connectivity index (χ1n) is 9.48. The number of methoxy groups -OCH3 is 1. The number of nitrogens with one attached hydrogen (secondary N) is 1. The van der Waals surface area contributed by atoms with Crippen LogP contribution in [-0.4, -0.2) is 65.4 Å². The molecule has 31 heavy (non-hydrogen) atoms. The highest BCUT2D eigenvalue weighted by atomic mass is 19.4. The van der Waals surface area contributed by atoms with E-state index >= 15 is 0 Å². The van der Waals surface area contributed by atoms with Gasteiger partial charge in [0.25, 0.3) is 5.91 Å². The molecule has 0 unspecified atom stereocenters. The van der Waals surface area contributed by atoms with Crippen molar-refractivity contribution in [3.05, 3.63) is 24.2 Å². The van der Waals surface area contributed by atoms with Gasteiger partial charge in [-0.15, -0.1) is 0 Å². The van der Waals surface area contributed by atoms with Gasteiger partial charge in [0.2, 0.25) is 11.8 Å². The molecule has 3 N–H and O–H groups in total. The monoisotopic (exact) mass is 441 g/mol. The Balaban J connectivity index is 1.60. The number of amides is 1. The van der Waals surface area contributed by atoms with Crippen LogP contribution in [0.2, 0.25) is 0 Å². The summed E-state index contributed by atoms with van der Waals surface area (Å²) in [5.41, 5.74) is 5.77. The van der Waals surface area contributed by atoms with E-state index in [4.69, 9.17) is 15.2 Å². The number of piperidine rings is 1. The maximum atomic E-state index is 12.4. The number of rotatable bonds is 7. The SMILES string of the molecule is COc1nc(C(=O)NCC(F)(F)F)nc(N2CCC(COc3cccnc3N)CC2)n1. The summed E-state index contributed by atoms with van der Waals surface area (Å²) in [6.45, 7) is 0.109. The fourth-order valence-electron chi connectivity index (χ4n) is 2.97. The molecule has 3 heterocycles. The minimum Gasteiger partial charge on any atom is -0.489 e. The molecule has 1 aliphatic heterocycles. The normalized spacial score (nSPS) is 14.9. The van der Waals surface area contributed by atoms with E-state index < -0.39 is 24.5 Å². The highest BCUT2D eigenvalue weighted by Crippen LogP contribution is 2.24. The number of carbonyl (C=O) groups is 1. The highest BCUT2D eigenvalue weighted by Gasteiger charge is 2.29. The first-order chi connectivity index (χ1) is 14.7. The number of halogens is 3. The Morgan fingerprint density at radius 2 is 2.03 bits per heavy atom. The van der Waals surface area contributed by atoms with Crippen molar-refractivity contribution in [2.75, 3.05) is 44.0 Å². The maximum absolute atomic E-state index is 12.4. The lowest BCUT2D eigenvalue weighted by molar-refractivity contribution is -0.123. The molecule has 0 bridgehead atoms. The Morgan fingerprint density at radius 1 is 1.29 bits per heavy atom. The Morgan fingerprint density at radius 3 is 2.68 bits per heavy atom. The van der Waals surface area contributed by atoms with E-state index in [1.165, 1.54) is 7.11 Å². The van der Waals surface area contributed by atoms with Gasteiger partial charge in [-0.05, 0) is 30.9 Å². The molecule has 0 aliphatic carbocycles. The fraction of sp³-hybridized carbons (Fsp3) is 0.500. The molecule has 3 rings (SSSR count). The topological polar surface area (TPSA) is 128 Å². The van der Waals surface area contributed by atoms with Crippen molar-refractivity contribution in [1.82, 2.24) is 25.3 Å². The summed E-state index contributed by atoms with van der Waals surface area (Å²) < 4.78 is 47.8. The second-order valence-electron chi connectivity index (χ2n) is 6.87. The van der Waals surface area contributed by atoms with E-state index in [9.17, 15) is 18.0 Å². The third kappa shape index (κ3) is 6.30. The third-order valence-electron chi connectivity index (χ3n) is 4.61. The lowest BCUT2D eigenvalue weighted by Crippen LogP contribution is -2.38. The average Bonchev–Trinajstić information content (AvgIpc) is 2.76. The number of hydrogen-bond acceptors (Lipinski definition) is 9. The second-order valence-corrected chi connectivity index (χ2v) is 6.87. The highest BCUT2D eigenvalue weighted by molar-refractivity contribution is 5.90. The zero-order valence-electron chi connectivity index (χ0n) is 16.7. The summed E-state index contributed by atoms with van der Waals surface area (Å²) in [5, 5.41) is 1.74. The van der Waals surface area contributed by atoms with Gasteiger partial charge in [-0.2, -0.15) is 28.1 Å². The maximum Gasteiger partial charge on any atom is 0.405 e. The van der Waals surface area contributed by atoms with Gasteiger partial charge in [-0.25, -0.2) is 4.98 Å². The molecule has 0 spiro atoms. The molecule has 1 amide bonds. The van der Waals surface area contributed by atoms with Crippen LogP contribution in [0.25, 0.3) is 0 Å². The summed E-state index contributed by atoms with van der Waals surface area (Å²) in [6, 6.07) is 3.34. The van der Waals surface area contributed by atoms with Gasteiger partial charge in [-0.3, -0.25) is 4.79 Å². The number of nitrogen functional groups attached to an aromatic ring is 1. The van der Waals surface area contributed by atoms with Crippen LogP contribution in [0.3, 0.4) is 0 Å². The number of nitrogens with two attached hydrogens (primary N) is 1. The smallest absolute Gasteiger partial charge is 0.405 e. The van der Waals surface area contributed by atoms with Crippen LogP contribution in [0.4, 0.5) is 24.9 Å². The Kier molecular flexibility index (Phi) is 6.92. The van der Waals surface area contributed by atoms with E-state index in [1.807, 2.05) is 4.90 Å². The summed E-state index contributed by atoms with van der Waals surface area (Å²) in [6.07, 6.45) is -1.45. The van der Waals surface area contributed by atoms with Crippen molar-refractivity contribution in [3.8, 4) is 11.8 Å². The number of ether oxygens (including phenoxy) is 2. The van der Waals surface area contributed by atoms with Gasteiger partial charge in [0, 0.05) is 19.3 Å². The van der Waals surface area contributed by atoms with E-state index in [2.05, 4.69) is 19.9 Å². The van der Waals surface area contributed by atoms with E-state index in [0.29, 0.717) is 31.3 Å². The second kappa shape index (κ2) is 9.62. The van der Waals surface area contributed by atoms with Crippen LogP contribution in [0.1, 0.15) is 23.5 Å². The largest absolute Gasteiger partial charge is 0.489 e. The average molecular weight is 441 g/mol. The number of hydrogen-bond donors (Lipinski definition) is 2. The fourth-order valence-corrected chi connectivity index (χ4v) is 2.97. The standard InChI is InChI=1S/C18H22F3N7O3/c1-30-17-26-14(15(29)24-10-18(19,20)21)25-16(27-17)28-7-4-11(5-8-28)9-31-12-3-2-6-23-13(12)22/h2-3,6,11H,4-5,7-10H2,1H3,(H2,22,23)(H,24,29). The zero-order chi connectivity index (χ0) is 22.4. The molecule has 13 heteroatoms. The van der Waals surface area contributed by atoms with Crippen LogP contribution in [0.5, 0.6) is 11.8 Å². The summed E-state index contributed by atoms with van der Waals surface area (Å²) in [5.74, 6) is -0.218. The first-order valence-corrected chi connectivity index (χ1v) is 9.48. The van der Waals surface area contributed by atoms with Crippen molar-refractivity contribution >= 4 is 17.7 Å². The van der Waals surface area contributed by atoms with Crippen LogP contribution in [0, 0.1) is 5.92 Å². The van der Waals surface area contributed by atoms with Crippen molar-refractivity contribution < 1.29 is 27.4 Å². The molecular formula is C18H22F3N7O3. The molecule has 1 aliphatic rings. The number of anilines is 2. The van der Waals surface area contributed by atoms with Gasteiger partial charge in [0.1, 0.15) is 6.54 Å². The van der Waals surface area contributed by atoms with Crippen molar-refractivity contribution in [3.63, 3.8) is 0 Å². The van der Waals surface area contributed by atoms with Crippen molar-refractivity contribution in [1.29, 1.82) is 0 Å². The summed E-state index contributed by atoms with van der Waals surface area (Å²) >= 11 is 0. The number of aromatic nitrogens is 4. The molecule has 10 nitrogen and oxygen atoms in total. The molecule has 0 radical (unpaired) electrons. The van der Waals surface area contributed by atoms with Crippen molar-refractivity contribution in [2.45, 2.75) is 19.0 Å². The van der Waals surface area contributed by atoms with Crippen LogP contribution in [-0.2, 0) is 0 Å². The van der Waals surface area contributed by atoms with Gasteiger partial charge in [0.05, 0.1) is 13.7 Å². The van der Waals surface area contributed by atoms with E-state index in [-0.39, 0.29) is 17.9 Å². The Hall–Kier alpha value is -3.38. The van der Waals surface area contributed by atoms with Gasteiger partial charge in [-0.1, -0.05) is 0 Å². The lowest BCUT2D eigenvalue weighted by atomic mass is 9.98. The van der Waals surface area contributed by atoms with Crippen LogP contribution >= 0.6 is 0 Å². The lowest BCUT2D eigenvalue weighted by Gasteiger charge is -2.32. The van der Waals surface area contributed by atoms with Gasteiger partial charge in [0.15, 0.2) is 11.6 Å². The number of pyridine rings is 1. The minimum absolute atomic E-state index is 0.153. The summed E-state index contributed by atoms with van der Waals surface area (Å²) in [7, 11) is 1.30. The molecular weight excluding hydrogens is 419 g/mol. The molecule has 2 aromatic heterocycles. The minimum atomic E-state index is -4.54. The van der Waals surface area contributed by atoms with E-state index in [1.54, 1.807) is 23.6 Å². The molecule has 0 aromatic carbocycles. The number of nitrogens with zero attached hydrogens (tertiary/aromatic N) is 5. The molecule has 0 saturated carbocycles. The number of alkyl halides is 3. The molecule has 0 atom stereocenters. The van der Waals surface area contributed by atoms with E-state index in [0.717, 1.165) is 12.8 Å². The third-order valence-corrected chi connectivity index (χ3v) is 4.61. The Labute approximate surface area is 176 Å². The summed E-state index contributed by atoms with van der Waals surface area (Å²) in [4.78, 5) is 29.7. The first kappa shape index (κ1) is 22.3. The van der Waals surface area contributed by atoms with Gasteiger partial charge >= 0.3 is 12.2 Å². The Bertz CT molecular complexity index is 905.